The summed E-state index contributed by atoms with van der Waals surface area (Å²) < 4.78 is 7.68. The predicted octanol–water partition coefficient (Wildman–Crippen LogP) is 4.60. The Morgan fingerprint density at radius 3 is 2.46 bits per heavy atom. The van der Waals surface area contributed by atoms with E-state index in [0.717, 1.165) is 62.5 Å². The minimum atomic E-state index is -0.225. The van der Waals surface area contributed by atoms with Gasteiger partial charge in [-0.1, -0.05) is 41.9 Å². The van der Waals surface area contributed by atoms with Crippen LogP contribution in [0.15, 0.2) is 72.8 Å². The van der Waals surface area contributed by atoms with Gasteiger partial charge in [-0.2, -0.15) is 0 Å². The summed E-state index contributed by atoms with van der Waals surface area (Å²) in [5, 5.41) is 3.52. The fraction of sp³-hybridized carbons (Fsp3) is 0.310. The first-order valence-corrected chi connectivity index (χ1v) is 13.0. The molecular formula is C29H32ClN5O2. The molecule has 2 heterocycles. The quantitative estimate of drug-likeness (QED) is 0.351. The van der Waals surface area contributed by atoms with Crippen LogP contribution in [0.1, 0.15) is 11.4 Å². The van der Waals surface area contributed by atoms with Crippen molar-refractivity contribution in [3.63, 3.8) is 0 Å². The van der Waals surface area contributed by atoms with Crippen molar-refractivity contribution in [3.05, 3.63) is 89.2 Å². The van der Waals surface area contributed by atoms with Gasteiger partial charge in [0.25, 0.3) is 5.91 Å². The van der Waals surface area contributed by atoms with Crippen LogP contribution in [0.3, 0.4) is 0 Å². The Hall–Kier alpha value is -3.39. The van der Waals surface area contributed by atoms with Gasteiger partial charge in [0.05, 0.1) is 11.0 Å². The summed E-state index contributed by atoms with van der Waals surface area (Å²) in [4.78, 5) is 22.3. The van der Waals surface area contributed by atoms with Gasteiger partial charge in [0.1, 0.15) is 11.6 Å². The van der Waals surface area contributed by atoms with Gasteiger partial charge >= 0.3 is 0 Å². The zero-order valence-electron chi connectivity index (χ0n) is 21.1. The number of halogens is 1. The number of anilines is 1. The maximum Gasteiger partial charge on any atom is 0.262 e. The van der Waals surface area contributed by atoms with E-state index in [4.69, 9.17) is 21.3 Å². The van der Waals surface area contributed by atoms with Crippen molar-refractivity contribution < 1.29 is 9.53 Å². The fourth-order valence-corrected chi connectivity index (χ4v) is 4.82. The first kappa shape index (κ1) is 25.3. The van der Waals surface area contributed by atoms with E-state index in [1.807, 2.05) is 18.2 Å². The molecule has 192 valence electrons. The molecule has 0 atom stereocenters. The first-order valence-electron chi connectivity index (χ1n) is 12.7. The topological polar surface area (TPSA) is 62.6 Å². The number of hydrogen-bond donors (Lipinski definition) is 1. The average molecular weight is 518 g/mol. The lowest BCUT2D eigenvalue weighted by Crippen LogP contribution is -2.46. The van der Waals surface area contributed by atoms with Crippen LogP contribution in [-0.4, -0.2) is 64.6 Å². The number of ether oxygens (including phenoxy) is 1. The Morgan fingerprint density at radius 2 is 1.70 bits per heavy atom. The SMILES string of the molecule is Cn1c(CCN2CCN(Cc3ccccc3)CC2)nc2cc(NC(=O)COc3ccc(Cl)cc3)ccc21. The molecule has 3 aromatic carbocycles. The number of amides is 1. The van der Waals surface area contributed by atoms with Crippen molar-refractivity contribution in [2.45, 2.75) is 13.0 Å². The molecule has 8 heteroatoms. The molecule has 37 heavy (non-hydrogen) atoms. The van der Waals surface area contributed by atoms with Crippen LogP contribution in [0.5, 0.6) is 5.75 Å². The van der Waals surface area contributed by atoms with Gasteiger partial charge in [-0.05, 0) is 48.0 Å². The molecule has 1 aromatic heterocycles. The molecule has 5 rings (SSSR count). The van der Waals surface area contributed by atoms with Crippen molar-refractivity contribution in [2.24, 2.45) is 7.05 Å². The van der Waals surface area contributed by atoms with E-state index in [9.17, 15) is 4.79 Å². The van der Waals surface area contributed by atoms with Gasteiger partial charge in [0, 0.05) is 63.4 Å². The van der Waals surface area contributed by atoms with E-state index in [-0.39, 0.29) is 12.5 Å². The normalized spacial score (nSPS) is 14.6. The molecule has 1 aliphatic rings. The lowest BCUT2D eigenvalue weighted by Gasteiger charge is -2.34. The monoisotopic (exact) mass is 517 g/mol. The zero-order valence-corrected chi connectivity index (χ0v) is 21.8. The van der Waals surface area contributed by atoms with E-state index in [2.05, 4.69) is 57.1 Å². The van der Waals surface area contributed by atoms with Crippen molar-refractivity contribution in [1.82, 2.24) is 19.4 Å². The molecule has 0 radical (unpaired) electrons. The lowest BCUT2D eigenvalue weighted by molar-refractivity contribution is -0.118. The van der Waals surface area contributed by atoms with E-state index in [1.54, 1.807) is 24.3 Å². The van der Waals surface area contributed by atoms with Crippen LogP contribution < -0.4 is 10.1 Å². The molecule has 1 N–H and O–H groups in total. The summed E-state index contributed by atoms with van der Waals surface area (Å²) in [6.45, 7) is 6.25. The highest BCUT2D eigenvalue weighted by Crippen LogP contribution is 2.21. The predicted molar refractivity (Wildman–Crippen MR) is 148 cm³/mol. The van der Waals surface area contributed by atoms with Crippen LogP contribution in [0.4, 0.5) is 5.69 Å². The summed E-state index contributed by atoms with van der Waals surface area (Å²) in [5.41, 5.74) is 4.01. The van der Waals surface area contributed by atoms with Crippen LogP contribution in [0.2, 0.25) is 5.02 Å². The fourth-order valence-electron chi connectivity index (χ4n) is 4.70. The van der Waals surface area contributed by atoms with Crippen LogP contribution >= 0.6 is 11.6 Å². The third-order valence-electron chi connectivity index (χ3n) is 6.81. The van der Waals surface area contributed by atoms with E-state index in [1.165, 1.54) is 5.56 Å². The number of rotatable bonds is 9. The van der Waals surface area contributed by atoms with Gasteiger partial charge in [-0.15, -0.1) is 0 Å². The van der Waals surface area contributed by atoms with Gasteiger partial charge in [0.2, 0.25) is 0 Å². The maximum absolute atomic E-state index is 12.4. The number of piperazine rings is 1. The number of benzene rings is 3. The third kappa shape index (κ3) is 6.68. The van der Waals surface area contributed by atoms with Crippen molar-refractivity contribution in [1.29, 1.82) is 0 Å². The van der Waals surface area contributed by atoms with Gasteiger partial charge in [-0.25, -0.2) is 4.98 Å². The highest BCUT2D eigenvalue weighted by molar-refractivity contribution is 6.30. The number of fused-ring (bicyclic) bond motifs is 1. The second kappa shape index (κ2) is 11.8. The Morgan fingerprint density at radius 1 is 0.973 bits per heavy atom. The number of nitrogens with one attached hydrogen (secondary N) is 1. The highest BCUT2D eigenvalue weighted by Gasteiger charge is 2.18. The van der Waals surface area contributed by atoms with Gasteiger partial charge in [-0.3, -0.25) is 9.69 Å². The van der Waals surface area contributed by atoms with E-state index in [0.29, 0.717) is 16.5 Å². The van der Waals surface area contributed by atoms with Crippen LogP contribution in [0.25, 0.3) is 11.0 Å². The lowest BCUT2D eigenvalue weighted by atomic mass is 10.2. The molecule has 0 saturated carbocycles. The average Bonchev–Trinajstić information content (AvgIpc) is 3.23. The standard InChI is InChI=1S/C29H32ClN5O2/c1-33-27-12-9-24(31-29(36)21-37-25-10-7-23(30)8-11-25)19-26(27)32-28(33)13-14-34-15-17-35(18-16-34)20-22-5-3-2-4-6-22/h2-12,19H,13-18,20-21H2,1H3,(H,31,36). The molecule has 0 unspecified atom stereocenters. The molecule has 0 spiro atoms. The number of aryl methyl sites for hydroxylation is 1. The van der Waals surface area contributed by atoms with Gasteiger partial charge < -0.3 is 19.5 Å². The summed E-state index contributed by atoms with van der Waals surface area (Å²) in [5.74, 6) is 1.43. The van der Waals surface area contributed by atoms with Crippen molar-refractivity contribution >= 4 is 34.2 Å². The Balaban J connectivity index is 1.11. The van der Waals surface area contributed by atoms with Crippen LogP contribution in [0, 0.1) is 0 Å². The van der Waals surface area contributed by atoms with Gasteiger partial charge in [0.15, 0.2) is 6.61 Å². The second-order valence-corrected chi connectivity index (χ2v) is 9.87. The summed E-state index contributed by atoms with van der Waals surface area (Å²) in [6.07, 6.45) is 0.889. The van der Waals surface area contributed by atoms with E-state index < -0.39 is 0 Å². The molecule has 0 aliphatic carbocycles. The first-order chi connectivity index (χ1) is 18.0. The summed E-state index contributed by atoms with van der Waals surface area (Å²) in [7, 11) is 2.06. The molecule has 1 saturated heterocycles. The van der Waals surface area contributed by atoms with Crippen molar-refractivity contribution in [2.75, 3.05) is 44.6 Å². The number of carbonyl (C=O) groups is 1. The Bertz CT molecular complexity index is 1330. The molecule has 1 aliphatic heterocycles. The number of imidazole rings is 1. The zero-order chi connectivity index (χ0) is 25.6. The van der Waals surface area contributed by atoms with Crippen molar-refractivity contribution in [3.8, 4) is 5.75 Å². The molecule has 1 amide bonds. The van der Waals surface area contributed by atoms with Crippen LogP contribution in [-0.2, 0) is 24.8 Å². The summed E-state index contributed by atoms with van der Waals surface area (Å²) >= 11 is 5.88. The number of hydrogen-bond acceptors (Lipinski definition) is 5. The minimum absolute atomic E-state index is 0.0776. The number of carbonyl (C=O) groups excluding carboxylic acids is 1. The number of aromatic nitrogens is 2. The minimum Gasteiger partial charge on any atom is -0.484 e. The largest absolute Gasteiger partial charge is 0.484 e. The molecule has 7 nitrogen and oxygen atoms in total. The molecule has 1 fully saturated rings. The van der Waals surface area contributed by atoms with E-state index >= 15 is 0 Å². The Labute approximate surface area is 222 Å². The second-order valence-electron chi connectivity index (χ2n) is 9.43. The highest BCUT2D eigenvalue weighted by atomic mass is 35.5. The maximum atomic E-state index is 12.4. The smallest absolute Gasteiger partial charge is 0.262 e. The molecule has 0 bridgehead atoms. The third-order valence-corrected chi connectivity index (χ3v) is 7.06. The number of nitrogens with zero attached hydrogens (tertiary/aromatic N) is 4. The summed E-state index contributed by atoms with van der Waals surface area (Å²) in [6, 6.07) is 23.4. The molecular weight excluding hydrogens is 486 g/mol. The molecule has 4 aromatic rings. The Kier molecular flexibility index (Phi) is 8.04.